The molecule has 3 rings (SSSR count). The molecule has 0 N–H and O–H groups in total. The van der Waals surface area contributed by atoms with E-state index < -0.39 is 0 Å². The number of alkyl halides is 1. The number of halogens is 3. The van der Waals surface area contributed by atoms with E-state index in [9.17, 15) is 0 Å². The fraction of sp³-hybridized carbons (Fsp3) is 0.571. The summed E-state index contributed by atoms with van der Waals surface area (Å²) in [6, 6.07) is 3.91. The first-order valence-electron chi connectivity index (χ1n) is 6.27. The Morgan fingerprint density at radius 2 is 1.94 bits per heavy atom. The van der Waals surface area contributed by atoms with Crippen LogP contribution in [-0.4, -0.2) is 7.11 Å². The highest BCUT2D eigenvalue weighted by molar-refractivity contribution is 9.10. The minimum Gasteiger partial charge on any atom is -0.495 e. The Labute approximate surface area is 129 Å². The predicted octanol–water partition coefficient (Wildman–Crippen LogP) is 5.59. The SMILES string of the molecule is COc1c(Br)cc(Cl)cc1C(Br)C1CC2CC2C1. The maximum absolute atomic E-state index is 6.16. The lowest BCUT2D eigenvalue weighted by Gasteiger charge is -2.22. The number of methoxy groups -OCH3 is 1. The van der Waals surface area contributed by atoms with Crippen molar-refractivity contribution in [1.29, 1.82) is 0 Å². The van der Waals surface area contributed by atoms with Crippen molar-refractivity contribution in [2.75, 3.05) is 7.11 Å². The van der Waals surface area contributed by atoms with Crippen molar-refractivity contribution in [2.45, 2.75) is 24.1 Å². The van der Waals surface area contributed by atoms with E-state index in [1.165, 1.54) is 24.8 Å². The minimum absolute atomic E-state index is 0.343. The summed E-state index contributed by atoms with van der Waals surface area (Å²) in [5.41, 5.74) is 1.17. The van der Waals surface area contributed by atoms with Crippen LogP contribution in [0.4, 0.5) is 0 Å². The summed E-state index contributed by atoms with van der Waals surface area (Å²) in [6.07, 6.45) is 4.13. The highest BCUT2D eigenvalue weighted by atomic mass is 79.9. The number of ether oxygens (including phenoxy) is 1. The van der Waals surface area contributed by atoms with Crippen LogP contribution in [0.25, 0.3) is 0 Å². The molecule has 1 aromatic carbocycles. The Morgan fingerprint density at radius 3 is 2.56 bits per heavy atom. The van der Waals surface area contributed by atoms with Crippen LogP contribution in [-0.2, 0) is 0 Å². The Morgan fingerprint density at radius 1 is 1.28 bits per heavy atom. The molecule has 0 saturated heterocycles. The molecule has 18 heavy (non-hydrogen) atoms. The van der Waals surface area contributed by atoms with E-state index in [2.05, 4.69) is 31.9 Å². The van der Waals surface area contributed by atoms with Gasteiger partial charge in [0, 0.05) is 15.4 Å². The lowest BCUT2D eigenvalue weighted by Crippen LogP contribution is -2.07. The lowest BCUT2D eigenvalue weighted by atomic mass is 9.94. The van der Waals surface area contributed by atoms with Crippen LogP contribution in [0.5, 0.6) is 5.75 Å². The molecule has 2 aliphatic carbocycles. The highest BCUT2D eigenvalue weighted by Crippen LogP contribution is 2.59. The van der Waals surface area contributed by atoms with Gasteiger partial charge in [-0.15, -0.1) is 0 Å². The molecular formula is C14H15Br2ClO. The lowest BCUT2D eigenvalue weighted by molar-refractivity contribution is 0.397. The van der Waals surface area contributed by atoms with Gasteiger partial charge >= 0.3 is 0 Å². The van der Waals surface area contributed by atoms with Crippen molar-refractivity contribution < 1.29 is 4.74 Å². The van der Waals surface area contributed by atoms with Gasteiger partial charge in [-0.3, -0.25) is 0 Å². The van der Waals surface area contributed by atoms with Gasteiger partial charge in [-0.25, -0.2) is 0 Å². The smallest absolute Gasteiger partial charge is 0.137 e. The van der Waals surface area contributed by atoms with Crippen LogP contribution < -0.4 is 4.74 Å². The molecule has 98 valence electrons. The third kappa shape index (κ3) is 2.34. The van der Waals surface area contributed by atoms with E-state index in [1.807, 2.05) is 12.1 Å². The molecule has 0 spiro atoms. The first kappa shape index (κ1) is 13.3. The highest BCUT2D eigenvalue weighted by Gasteiger charge is 2.48. The molecule has 0 amide bonds. The molecule has 0 aromatic heterocycles. The third-order valence-corrected chi connectivity index (χ3v) is 6.28. The van der Waals surface area contributed by atoms with Crippen LogP contribution in [0.3, 0.4) is 0 Å². The van der Waals surface area contributed by atoms with Gasteiger partial charge in [0.15, 0.2) is 0 Å². The fourth-order valence-corrected chi connectivity index (χ4v) is 5.02. The summed E-state index contributed by atoms with van der Waals surface area (Å²) < 4.78 is 6.45. The fourth-order valence-electron chi connectivity index (χ4n) is 3.25. The topological polar surface area (TPSA) is 9.23 Å². The van der Waals surface area contributed by atoms with Gasteiger partial charge in [0.05, 0.1) is 11.6 Å². The molecule has 0 radical (unpaired) electrons. The molecule has 2 aliphatic rings. The quantitative estimate of drug-likeness (QED) is 0.607. The number of rotatable bonds is 3. The third-order valence-electron chi connectivity index (χ3n) is 4.23. The van der Waals surface area contributed by atoms with E-state index in [-0.39, 0.29) is 0 Å². The van der Waals surface area contributed by atoms with Crippen LogP contribution in [0.1, 0.15) is 29.7 Å². The van der Waals surface area contributed by atoms with Crippen molar-refractivity contribution in [1.82, 2.24) is 0 Å². The second-order valence-electron chi connectivity index (χ2n) is 5.40. The molecule has 4 heteroatoms. The summed E-state index contributed by atoms with van der Waals surface area (Å²) in [6.45, 7) is 0. The predicted molar refractivity (Wildman–Crippen MR) is 81.7 cm³/mol. The Bertz CT molecular complexity index is 467. The molecule has 3 unspecified atom stereocenters. The monoisotopic (exact) mass is 392 g/mol. The normalized spacial score (nSPS) is 31.0. The summed E-state index contributed by atoms with van der Waals surface area (Å²) in [5, 5.41) is 0.755. The number of benzene rings is 1. The average molecular weight is 395 g/mol. The Kier molecular flexibility index (Phi) is 3.68. The van der Waals surface area contributed by atoms with E-state index in [4.69, 9.17) is 16.3 Å². The number of hydrogen-bond acceptors (Lipinski definition) is 1. The van der Waals surface area contributed by atoms with E-state index in [1.54, 1.807) is 7.11 Å². The van der Waals surface area contributed by atoms with Gasteiger partial charge in [-0.05, 0) is 65.1 Å². The first-order valence-corrected chi connectivity index (χ1v) is 8.35. The van der Waals surface area contributed by atoms with Gasteiger partial charge in [0.25, 0.3) is 0 Å². The van der Waals surface area contributed by atoms with E-state index in [0.717, 1.165) is 27.1 Å². The molecule has 0 heterocycles. The zero-order valence-electron chi connectivity index (χ0n) is 10.1. The van der Waals surface area contributed by atoms with Crippen molar-refractivity contribution in [3.63, 3.8) is 0 Å². The second kappa shape index (κ2) is 4.99. The van der Waals surface area contributed by atoms with Gasteiger partial charge in [0.2, 0.25) is 0 Å². The van der Waals surface area contributed by atoms with Crippen molar-refractivity contribution in [3.8, 4) is 5.75 Å². The van der Waals surface area contributed by atoms with Crippen molar-refractivity contribution >= 4 is 43.5 Å². The standard InChI is InChI=1S/C14H15Br2ClO/c1-18-14-11(5-10(17)6-12(14)15)13(16)9-3-7-2-8(7)4-9/h5-9,13H,2-4H2,1H3. The van der Waals surface area contributed by atoms with Crippen LogP contribution in [0, 0.1) is 17.8 Å². The van der Waals surface area contributed by atoms with Crippen LogP contribution >= 0.6 is 43.5 Å². The average Bonchev–Trinajstić information content (AvgIpc) is 2.94. The summed E-state index contributed by atoms with van der Waals surface area (Å²) in [5.74, 6) is 3.60. The molecule has 1 nitrogen and oxygen atoms in total. The molecule has 2 saturated carbocycles. The maximum Gasteiger partial charge on any atom is 0.137 e. The first-order chi connectivity index (χ1) is 8.60. The summed E-state index contributed by atoms with van der Waals surface area (Å²) >= 11 is 13.5. The van der Waals surface area contributed by atoms with Gasteiger partial charge < -0.3 is 4.74 Å². The molecule has 0 bridgehead atoms. The molecular weight excluding hydrogens is 379 g/mol. The maximum atomic E-state index is 6.16. The number of hydrogen-bond donors (Lipinski definition) is 0. The van der Waals surface area contributed by atoms with Gasteiger partial charge in [-0.1, -0.05) is 27.5 Å². The zero-order valence-corrected chi connectivity index (χ0v) is 14.1. The summed E-state index contributed by atoms with van der Waals surface area (Å²) in [4.78, 5) is 0.343. The molecule has 0 aliphatic heterocycles. The number of fused-ring (bicyclic) bond motifs is 1. The van der Waals surface area contributed by atoms with Crippen molar-refractivity contribution in [3.05, 3.63) is 27.2 Å². The summed E-state index contributed by atoms with van der Waals surface area (Å²) in [7, 11) is 1.71. The van der Waals surface area contributed by atoms with Crippen molar-refractivity contribution in [2.24, 2.45) is 17.8 Å². The molecule has 1 aromatic rings. The Hall–Kier alpha value is 0.270. The van der Waals surface area contributed by atoms with Gasteiger partial charge in [0.1, 0.15) is 5.75 Å². The Balaban J connectivity index is 1.90. The van der Waals surface area contributed by atoms with Gasteiger partial charge in [-0.2, -0.15) is 0 Å². The largest absolute Gasteiger partial charge is 0.495 e. The minimum atomic E-state index is 0.343. The zero-order chi connectivity index (χ0) is 12.9. The molecule has 3 atom stereocenters. The van der Waals surface area contributed by atoms with Crippen LogP contribution in [0.15, 0.2) is 16.6 Å². The van der Waals surface area contributed by atoms with E-state index in [0.29, 0.717) is 10.7 Å². The van der Waals surface area contributed by atoms with E-state index >= 15 is 0 Å². The second-order valence-corrected chi connectivity index (χ2v) is 7.68. The van der Waals surface area contributed by atoms with Crippen LogP contribution in [0.2, 0.25) is 5.02 Å². The molecule has 2 fully saturated rings.